The summed E-state index contributed by atoms with van der Waals surface area (Å²) in [4.78, 5) is 25.3. The molecule has 0 radical (unpaired) electrons. The first-order chi connectivity index (χ1) is 11.6. The van der Waals surface area contributed by atoms with Gasteiger partial charge in [0.1, 0.15) is 0 Å². The molecule has 1 atom stereocenters. The molecule has 6 nitrogen and oxygen atoms in total. The van der Waals surface area contributed by atoms with Crippen molar-refractivity contribution in [2.24, 2.45) is 11.7 Å². The lowest BCUT2D eigenvalue weighted by Crippen LogP contribution is -2.39. The maximum Gasteiger partial charge on any atom is 0.243 e. The summed E-state index contributed by atoms with van der Waals surface area (Å²) >= 11 is 0. The normalized spacial score (nSPS) is 16.7. The first kappa shape index (κ1) is 18.4. The minimum absolute atomic E-state index is 0.115. The number of nitrogens with two attached hydrogens (primary N) is 1. The molecule has 1 heterocycles. The topological polar surface area (TPSA) is 95.7 Å². The summed E-state index contributed by atoms with van der Waals surface area (Å²) in [5, 5.41) is 8.47. The van der Waals surface area contributed by atoms with Gasteiger partial charge < -0.3 is 10.6 Å². The summed E-state index contributed by atoms with van der Waals surface area (Å²) in [5.74, 6) is 0.324. The Bertz CT molecular complexity index is 528. The largest absolute Gasteiger partial charge is 0.343 e. The van der Waals surface area contributed by atoms with E-state index in [9.17, 15) is 9.59 Å². The van der Waals surface area contributed by atoms with Gasteiger partial charge in [-0.25, -0.2) is 5.48 Å². The smallest absolute Gasteiger partial charge is 0.243 e. The van der Waals surface area contributed by atoms with Crippen LogP contribution in [0.4, 0.5) is 0 Å². The Balaban J connectivity index is 1.70. The summed E-state index contributed by atoms with van der Waals surface area (Å²) in [6.45, 7) is 1.52. The van der Waals surface area contributed by atoms with Crippen molar-refractivity contribution in [3.8, 4) is 0 Å². The number of nitrogens with one attached hydrogen (secondary N) is 1. The van der Waals surface area contributed by atoms with Crippen LogP contribution < -0.4 is 11.2 Å². The number of nitrogens with zero attached hydrogens (tertiary/aromatic N) is 1. The van der Waals surface area contributed by atoms with Crippen molar-refractivity contribution in [3.05, 3.63) is 35.9 Å². The quantitative estimate of drug-likeness (QED) is 0.525. The zero-order chi connectivity index (χ0) is 17.4. The molecule has 2 amide bonds. The number of carbonyl (C=O) groups is 2. The second-order valence-corrected chi connectivity index (χ2v) is 6.47. The van der Waals surface area contributed by atoms with E-state index in [4.69, 9.17) is 10.9 Å². The van der Waals surface area contributed by atoms with Crippen molar-refractivity contribution in [1.82, 2.24) is 10.4 Å². The van der Waals surface area contributed by atoms with Crippen LogP contribution in [0.2, 0.25) is 0 Å². The molecule has 1 aromatic carbocycles. The van der Waals surface area contributed by atoms with E-state index in [0.717, 1.165) is 44.3 Å². The van der Waals surface area contributed by atoms with E-state index in [1.807, 2.05) is 35.2 Å². The van der Waals surface area contributed by atoms with Crippen molar-refractivity contribution in [2.75, 3.05) is 13.1 Å². The molecule has 1 aliphatic rings. The van der Waals surface area contributed by atoms with Gasteiger partial charge in [0.25, 0.3) is 0 Å². The average Bonchev–Trinajstić information content (AvgIpc) is 2.62. The maximum absolute atomic E-state index is 12.4. The van der Waals surface area contributed by atoms with Crippen LogP contribution in [0, 0.1) is 5.92 Å². The fourth-order valence-electron chi connectivity index (χ4n) is 3.21. The molecule has 0 spiro atoms. The Hall–Kier alpha value is -1.92. The highest BCUT2D eigenvalue weighted by Crippen LogP contribution is 2.24. The first-order valence-electron chi connectivity index (χ1n) is 8.61. The second kappa shape index (κ2) is 9.39. The molecule has 0 aliphatic carbocycles. The van der Waals surface area contributed by atoms with Gasteiger partial charge in [0, 0.05) is 32.0 Å². The highest BCUT2D eigenvalue weighted by atomic mass is 16.5. The number of piperidine rings is 1. The van der Waals surface area contributed by atoms with Gasteiger partial charge in [-0.2, -0.15) is 0 Å². The minimum atomic E-state index is -0.336. The van der Waals surface area contributed by atoms with Gasteiger partial charge in [-0.3, -0.25) is 14.8 Å². The third kappa shape index (κ3) is 5.62. The third-order valence-electron chi connectivity index (χ3n) is 4.73. The lowest BCUT2D eigenvalue weighted by molar-refractivity contribution is -0.133. The number of rotatable bonds is 7. The predicted octanol–water partition coefficient (Wildman–Crippen LogP) is 1.99. The summed E-state index contributed by atoms with van der Waals surface area (Å²) in [6, 6.07) is 9.45. The lowest BCUT2D eigenvalue weighted by Gasteiger charge is -2.32. The maximum atomic E-state index is 12.4. The van der Waals surface area contributed by atoms with Crippen LogP contribution in [0.5, 0.6) is 0 Å². The number of hydrogen-bond donors (Lipinski definition) is 3. The predicted molar refractivity (Wildman–Crippen MR) is 91.1 cm³/mol. The Morgan fingerprint density at radius 1 is 1.25 bits per heavy atom. The van der Waals surface area contributed by atoms with E-state index >= 15 is 0 Å². The van der Waals surface area contributed by atoms with Crippen LogP contribution >= 0.6 is 0 Å². The SMILES string of the molecule is N[C@H](CC(=O)N1CCC(CCCC(=O)NO)CC1)c1ccccc1. The molecular weight excluding hydrogens is 306 g/mol. The zero-order valence-electron chi connectivity index (χ0n) is 14.0. The van der Waals surface area contributed by atoms with Crippen molar-refractivity contribution >= 4 is 11.8 Å². The molecule has 4 N–H and O–H groups in total. The van der Waals surface area contributed by atoms with E-state index in [0.29, 0.717) is 18.8 Å². The molecule has 0 bridgehead atoms. The standard InChI is InChI=1S/C18H27N3O3/c19-16(15-6-2-1-3-7-15)13-18(23)21-11-9-14(10-12-21)5-4-8-17(22)20-24/h1-3,6-7,14,16,24H,4-5,8-13,19H2,(H,20,22)/t16-/m1/s1. The van der Waals surface area contributed by atoms with Gasteiger partial charge in [0.15, 0.2) is 0 Å². The molecule has 0 unspecified atom stereocenters. The molecule has 24 heavy (non-hydrogen) atoms. The van der Waals surface area contributed by atoms with Crippen molar-refractivity contribution in [3.63, 3.8) is 0 Å². The van der Waals surface area contributed by atoms with Gasteiger partial charge in [0.05, 0.1) is 0 Å². The molecule has 0 saturated carbocycles. The average molecular weight is 333 g/mol. The van der Waals surface area contributed by atoms with E-state index < -0.39 is 0 Å². The number of likely N-dealkylation sites (tertiary alicyclic amines) is 1. The van der Waals surface area contributed by atoms with Crippen LogP contribution in [0.1, 0.15) is 50.1 Å². The monoisotopic (exact) mass is 333 g/mol. The molecule has 132 valence electrons. The van der Waals surface area contributed by atoms with Crippen molar-refractivity contribution in [2.45, 2.75) is 44.6 Å². The van der Waals surface area contributed by atoms with Crippen molar-refractivity contribution < 1.29 is 14.8 Å². The lowest BCUT2D eigenvalue weighted by atomic mass is 9.91. The summed E-state index contributed by atoms with van der Waals surface area (Å²) in [5.41, 5.74) is 8.77. The molecule has 1 saturated heterocycles. The van der Waals surface area contributed by atoms with Crippen LogP contribution in [0.15, 0.2) is 30.3 Å². The summed E-state index contributed by atoms with van der Waals surface area (Å²) in [6.07, 6.45) is 4.34. The van der Waals surface area contributed by atoms with Crippen LogP contribution in [0.3, 0.4) is 0 Å². The highest BCUT2D eigenvalue weighted by Gasteiger charge is 2.24. The minimum Gasteiger partial charge on any atom is -0.343 e. The fourth-order valence-corrected chi connectivity index (χ4v) is 3.21. The van der Waals surface area contributed by atoms with E-state index in [2.05, 4.69) is 0 Å². The van der Waals surface area contributed by atoms with E-state index in [1.165, 1.54) is 0 Å². The number of benzene rings is 1. The van der Waals surface area contributed by atoms with Gasteiger partial charge >= 0.3 is 0 Å². The van der Waals surface area contributed by atoms with Crippen LogP contribution in [-0.2, 0) is 9.59 Å². The van der Waals surface area contributed by atoms with E-state index in [-0.39, 0.29) is 17.9 Å². The van der Waals surface area contributed by atoms with Crippen LogP contribution in [-0.4, -0.2) is 35.0 Å². The molecule has 1 aromatic rings. The molecule has 0 aromatic heterocycles. The Morgan fingerprint density at radius 2 is 1.92 bits per heavy atom. The Kier molecular flexibility index (Phi) is 7.21. The van der Waals surface area contributed by atoms with E-state index in [1.54, 1.807) is 5.48 Å². The number of amides is 2. The molecule has 1 fully saturated rings. The fraction of sp³-hybridized carbons (Fsp3) is 0.556. The van der Waals surface area contributed by atoms with Gasteiger partial charge in [-0.1, -0.05) is 30.3 Å². The molecule has 2 rings (SSSR count). The first-order valence-corrected chi connectivity index (χ1v) is 8.61. The van der Waals surface area contributed by atoms with Crippen molar-refractivity contribution in [1.29, 1.82) is 0 Å². The number of hydroxylamine groups is 1. The third-order valence-corrected chi connectivity index (χ3v) is 4.73. The molecule has 1 aliphatic heterocycles. The Labute approximate surface area is 143 Å². The number of hydrogen-bond acceptors (Lipinski definition) is 4. The second-order valence-electron chi connectivity index (χ2n) is 6.47. The summed E-state index contributed by atoms with van der Waals surface area (Å²) < 4.78 is 0. The van der Waals surface area contributed by atoms with Gasteiger partial charge in [0.2, 0.25) is 11.8 Å². The highest BCUT2D eigenvalue weighted by molar-refractivity contribution is 5.77. The summed E-state index contributed by atoms with van der Waals surface area (Å²) in [7, 11) is 0. The van der Waals surface area contributed by atoms with Gasteiger partial charge in [-0.05, 0) is 37.2 Å². The molecule has 6 heteroatoms. The Morgan fingerprint density at radius 3 is 2.54 bits per heavy atom. The van der Waals surface area contributed by atoms with Crippen LogP contribution in [0.25, 0.3) is 0 Å². The molecular formula is C18H27N3O3. The van der Waals surface area contributed by atoms with Gasteiger partial charge in [-0.15, -0.1) is 0 Å². The number of carbonyl (C=O) groups excluding carboxylic acids is 2. The zero-order valence-corrected chi connectivity index (χ0v) is 14.0.